The Morgan fingerprint density at radius 1 is 1.39 bits per heavy atom. The largest absolute Gasteiger partial charge is 0.324 e. The molecule has 0 fully saturated rings. The summed E-state index contributed by atoms with van der Waals surface area (Å²) < 4.78 is 0. The normalized spacial score (nSPS) is 12.9. The van der Waals surface area contributed by atoms with Crippen LogP contribution in [0.4, 0.5) is 0 Å². The van der Waals surface area contributed by atoms with Crippen molar-refractivity contribution in [3.05, 3.63) is 34.9 Å². The zero-order valence-electron chi connectivity index (χ0n) is 11.4. The number of rotatable bonds is 3. The molecule has 0 radical (unpaired) electrons. The summed E-state index contributed by atoms with van der Waals surface area (Å²) in [6.45, 7) is 7.79. The van der Waals surface area contributed by atoms with Gasteiger partial charge in [0.05, 0.1) is 11.6 Å². The van der Waals surface area contributed by atoms with Crippen LogP contribution in [0.15, 0.2) is 18.2 Å². The van der Waals surface area contributed by atoms with Gasteiger partial charge in [0, 0.05) is 12.5 Å². The van der Waals surface area contributed by atoms with Crippen molar-refractivity contribution in [2.24, 2.45) is 5.73 Å². The molecular weight excluding hydrogens is 224 g/mol. The van der Waals surface area contributed by atoms with Gasteiger partial charge in [-0.2, -0.15) is 5.26 Å². The Hall–Kier alpha value is -1.66. The molecule has 2 N–H and O–H groups in total. The highest BCUT2D eigenvalue weighted by molar-refractivity contribution is 5.76. The standard InChI is InChI=1S/C15H20N2O/c1-10(18)5-14(17)12-6-11(9-16)7-13(8-12)15(2,3)4/h6-8,14H,5,17H2,1-4H3. The van der Waals surface area contributed by atoms with Crippen LogP contribution in [0.1, 0.15) is 56.8 Å². The lowest BCUT2D eigenvalue weighted by atomic mass is 9.84. The van der Waals surface area contributed by atoms with Crippen LogP contribution in [0, 0.1) is 11.3 Å². The molecule has 0 saturated heterocycles. The van der Waals surface area contributed by atoms with Crippen LogP contribution >= 0.6 is 0 Å². The van der Waals surface area contributed by atoms with Crippen LogP contribution in [0.25, 0.3) is 0 Å². The fourth-order valence-corrected chi connectivity index (χ4v) is 1.79. The highest BCUT2D eigenvalue weighted by atomic mass is 16.1. The number of carbonyl (C=O) groups is 1. The van der Waals surface area contributed by atoms with Crippen molar-refractivity contribution >= 4 is 5.78 Å². The molecule has 96 valence electrons. The summed E-state index contributed by atoms with van der Waals surface area (Å²) >= 11 is 0. The van der Waals surface area contributed by atoms with E-state index in [2.05, 4.69) is 26.8 Å². The molecule has 0 heterocycles. The van der Waals surface area contributed by atoms with E-state index in [1.807, 2.05) is 12.1 Å². The minimum absolute atomic E-state index is 0.0441. The van der Waals surface area contributed by atoms with E-state index in [1.165, 1.54) is 6.92 Å². The maximum Gasteiger partial charge on any atom is 0.131 e. The lowest BCUT2D eigenvalue weighted by molar-refractivity contribution is -0.117. The molecular formula is C15H20N2O. The van der Waals surface area contributed by atoms with E-state index in [0.717, 1.165) is 11.1 Å². The van der Waals surface area contributed by atoms with Crippen LogP contribution < -0.4 is 5.73 Å². The average molecular weight is 244 g/mol. The van der Waals surface area contributed by atoms with Crippen molar-refractivity contribution in [3.63, 3.8) is 0 Å². The second kappa shape index (κ2) is 5.32. The summed E-state index contributed by atoms with van der Waals surface area (Å²) in [5, 5.41) is 9.06. The molecule has 0 aliphatic carbocycles. The van der Waals surface area contributed by atoms with Crippen LogP contribution in [-0.4, -0.2) is 5.78 Å². The second-order valence-electron chi connectivity index (χ2n) is 5.72. The number of nitrogens with two attached hydrogens (primary N) is 1. The van der Waals surface area contributed by atoms with Crippen LogP contribution in [0.2, 0.25) is 0 Å². The summed E-state index contributed by atoms with van der Waals surface area (Å²) in [6.07, 6.45) is 0.304. The third kappa shape index (κ3) is 3.68. The van der Waals surface area contributed by atoms with Crippen molar-refractivity contribution in [2.75, 3.05) is 0 Å². The Kier molecular flexibility index (Phi) is 4.26. The Bertz CT molecular complexity index is 492. The molecule has 1 aromatic rings. The Balaban J connectivity index is 3.21. The topological polar surface area (TPSA) is 66.9 Å². The van der Waals surface area contributed by atoms with Gasteiger partial charge in [0.15, 0.2) is 0 Å². The summed E-state index contributed by atoms with van der Waals surface area (Å²) in [4.78, 5) is 11.1. The van der Waals surface area contributed by atoms with Crippen LogP contribution in [0.5, 0.6) is 0 Å². The second-order valence-corrected chi connectivity index (χ2v) is 5.72. The fraction of sp³-hybridized carbons (Fsp3) is 0.467. The molecule has 1 aromatic carbocycles. The van der Waals surface area contributed by atoms with Crippen molar-refractivity contribution in [1.29, 1.82) is 5.26 Å². The quantitative estimate of drug-likeness (QED) is 0.889. The third-order valence-electron chi connectivity index (χ3n) is 2.89. The first-order chi connectivity index (χ1) is 8.24. The Morgan fingerprint density at radius 3 is 2.44 bits per heavy atom. The number of carbonyl (C=O) groups excluding carboxylic acids is 1. The Labute approximate surface area is 109 Å². The number of Topliss-reactive ketones (excluding diaryl/α,β-unsaturated/α-hetero) is 1. The van der Waals surface area contributed by atoms with Gasteiger partial charge in [-0.25, -0.2) is 0 Å². The minimum atomic E-state index is -0.336. The van der Waals surface area contributed by atoms with E-state index < -0.39 is 0 Å². The van der Waals surface area contributed by atoms with E-state index in [1.54, 1.807) is 6.07 Å². The first-order valence-corrected chi connectivity index (χ1v) is 6.04. The molecule has 0 aliphatic heterocycles. The van der Waals surface area contributed by atoms with Gasteiger partial charge >= 0.3 is 0 Å². The van der Waals surface area contributed by atoms with Crippen LogP contribution in [0.3, 0.4) is 0 Å². The zero-order chi connectivity index (χ0) is 13.9. The molecule has 0 amide bonds. The number of ketones is 1. The van der Waals surface area contributed by atoms with E-state index in [4.69, 9.17) is 11.0 Å². The van der Waals surface area contributed by atoms with Gasteiger partial charge in [0.2, 0.25) is 0 Å². The van der Waals surface area contributed by atoms with Gasteiger partial charge in [-0.3, -0.25) is 4.79 Å². The van der Waals surface area contributed by atoms with Gasteiger partial charge in [-0.05, 0) is 35.6 Å². The lowest BCUT2D eigenvalue weighted by Gasteiger charge is -2.21. The van der Waals surface area contributed by atoms with Gasteiger partial charge in [0.1, 0.15) is 5.78 Å². The molecule has 0 aliphatic rings. The zero-order valence-corrected chi connectivity index (χ0v) is 11.4. The van der Waals surface area contributed by atoms with Gasteiger partial charge in [-0.1, -0.05) is 26.8 Å². The van der Waals surface area contributed by atoms with Gasteiger partial charge < -0.3 is 5.73 Å². The van der Waals surface area contributed by atoms with E-state index in [-0.39, 0.29) is 17.2 Å². The first-order valence-electron chi connectivity index (χ1n) is 6.04. The minimum Gasteiger partial charge on any atom is -0.324 e. The smallest absolute Gasteiger partial charge is 0.131 e. The molecule has 1 rings (SSSR count). The highest BCUT2D eigenvalue weighted by Crippen LogP contribution is 2.27. The number of benzene rings is 1. The number of hydrogen-bond donors (Lipinski definition) is 1. The number of nitrogens with zero attached hydrogens (tertiary/aromatic N) is 1. The number of nitriles is 1. The lowest BCUT2D eigenvalue weighted by Crippen LogP contribution is -2.17. The molecule has 18 heavy (non-hydrogen) atoms. The molecule has 0 spiro atoms. The SMILES string of the molecule is CC(=O)CC(N)c1cc(C#N)cc(C(C)(C)C)c1. The summed E-state index contributed by atoms with van der Waals surface area (Å²) in [5.41, 5.74) is 8.47. The predicted molar refractivity (Wildman–Crippen MR) is 72.1 cm³/mol. The van der Waals surface area contributed by atoms with E-state index in [0.29, 0.717) is 12.0 Å². The highest BCUT2D eigenvalue weighted by Gasteiger charge is 2.18. The molecule has 0 aromatic heterocycles. The maximum absolute atomic E-state index is 11.1. The molecule has 3 nitrogen and oxygen atoms in total. The molecule has 1 atom stereocenters. The molecule has 1 unspecified atom stereocenters. The van der Waals surface area contributed by atoms with Gasteiger partial charge in [0.25, 0.3) is 0 Å². The summed E-state index contributed by atoms with van der Waals surface area (Å²) in [5.74, 6) is 0.0576. The van der Waals surface area contributed by atoms with Crippen molar-refractivity contribution in [2.45, 2.75) is 45.6 Å². The summed E-state index contributed by atoms with van der Waals surface area (Å²) in [7, 11) is 0. The third-order valence-corrected chi connectivity index (χ3v) is 2.89. The maximum atomic E-state index is 11.1. The van der Waals surface area contributed by atoms with Crippen molar-refractivity contribution in [3.8, 4) is 6.07 Å². The van der Waals surface area contributed by atoms with Crippen LogP contribution in [-0.2, 0) is 10.2 Å². The summed E-state index contributed by atoms with van der Waals surface area (Å²) in [6, 6.07) is 7.45. The average Bonchev–Trinajstić information content (AvgIpc) is 2.26. The molecule has 3 heteroatoms. The number of hydrogen-bond acceptors (Lipinski definition) is 3. The Morgan fingerprint density at radius 2 is 2.00 bits per heavy atom. The first kappa shape index (κ1) is 14.4. The van der Waals surface area contributed by atoms with E-state index >= 15 is 0 Å². The van der Waals surface area contributed by atoms with E-state index in [9.17, 15) is 4.79 Å². The predicted octanol–water partition coefficient (Wildman–Crippen LogP) is 2.83. The molecule has 0 bridgehead atoms. The monoisotopic (exact) mass is 244 g/mol. The van der Waals surface area contributed by atoms with Crippen molar-refractivity contribution < 1.29 is 4.79 Å². The fourth-order valence-electron chi connectivity index (χ4n) is 1.79. The van der Waals surface area contributed by atoms with Gasteiger partial charge in [-0.15, -0.1) is 0 Å². The molecule has 0 saturated carbocycles. The van der Waals surface area contributed by atoms with Crippen molar-refractivity contribution in [1.82, 2.24) is 0 Å².